The average molecular weight is 350 g/mol. The first-order valence-corrected chi connectivity index (χ1v) is 8.74. The normalized spacial score (nSPS) is 12.3. The molecular formula is C19H30N2O4. The van der Waals surface area contributed by atoms with Gasteiger partial charge in [-0.1, -0.05) is 43.2 Å². The van der Waals surface area contributed by atoms with Crippen molar-refractivity contribution in [2.75, 3.05) is 6.54 Å². The van der Waals surface area contributed by atoms with Crippen LogP contribution in [0.25, 0.3) is 0 Å². The molecule has 0 spiro atoms. The summed E-state index contributed by atoms with van der Waals surface area (Å²) in [5, 5.41) is 15.3. The second kappa shape index (κ2) is 10.7. The fourth-order valence-corrected chi connectivity index (χ4v) is 2.18. The number of amides is 2. The molecular weight excluding hydrogens is 320 g/mol. The zero-order chi connectivity index (χ0) is 18.7. The molecule has 3 N–H and O–H groups in total. The Bertz CT molecular complexity index is 526. The van der Waals surface area contributed by atoms with Gasteiger partial charge in [0.05, 0.1) is 0 Å². The Labute approximate surface area is 150 Å². The summed E-state index contributed by atoms with van der Waals surface area (Å²) in [4.78, 5) is 23.3. The highest BCUT2D eigenvalue weighted by atomic mass is 16.6. The molecule has 2 amide bonds. The summed E-state index contributed by atoms with van der Waals surface area (Å²) in [6, 6.07) is 9.57. The van der Waals surface area contributed by atoms with Gasteiger partial charge in [-0.25, -0.2) is 4.79 Å². The summed E-state index contributed by atoms with van der Waals surface area (Å²) in [6.07, 6.45) is 1.30. The first-order chi connectivity index (χ1) is 11.8. The number of hydrogen-bond donors (Lipinski definition) is 3. The molecule has 0 radical (unpaired) electrons. The zero-order valence-electron chi connectivity index (χ0n) is 15.4. The first kappa shape index (κ1) is 21.0. The lowest BCUT2D eigenvalue weighted by atomic mass is 10.1. The van der Waals surface area contributed by atoms with Gasteiger partial charge in [-0.3, -0.25) is 4.79 Å². The van der Waals surface area contributed by atoms with E-state index in [1.165, 1.54) is 0 Å². The van der Waals surface area contributed by atoms with Crippen LogP contribution in [0.3, 0.4) is 0 Å². The van der Waals surface area contributed by atoms with Crippen molar-refractivity contribution in [3.63, 3.8) is 0 Å². The lowest BCUT2D eigenvalue weighted by molar-refractivity contribution is -0.129. The van der Waals surface area contributed by atoms with Gasteiger partial charge in [0.25, 0.3) is 0 Å². The van der Waals surface area contributed by atoms with E-state index in [1.54, 1.807) is 0 Å². The minimum atomic E-state index is -0.998. The van der Waals surface area contributed by atoms with E-state index in [0.29, 0.717) is 19.5 Å². The number of alkyl carbamates (subject to hydrolysis) is 1. The van der Waals surface area contributed by atoms with Gasteiger partial charge in [-0.15, -0.1) is 0 Å². The van der Waals surface area contributed by atoms with Crippen molar-refractivity contribution >= 4 is 12.0 Å². The van der Waals surface area contributed by atoms with Crippen molar-refractivity contribution < 1.29 is 19.4 Å². The van der Waals surface area contributed by atoms with E-state index in [4.69, 9.17) is 4.74 Å². The average Bonchev–Trinajstić information content (AvgIpc) is 2.54. The largest absolute Gasteiger partial charge is 0.444 e. The van der Waals surface area contributed by atoms with Crippen LogP contribution in [0.15, 0.2) is 30.3 Å². The van der Waals surface area contributed by atoms with E-state index < -0.39 is 17.8 Å². The maximum absolute atomic E-state index is 11.8. The number of rotatable bonds is 9. The fraction of sp³-hybridized carbons (Fsp3) is 0.579. The third-order valence-corrected chi connectivity index (χ3v) is 3.43. The van der Waals surface area contributed by atoms with E-state index in [2.05, 4.69) is 10.6 Å². The number of ether oxygens (including phenoxy) is 1. The van der Waals surface area contributed by atoms with Gasteiger partial charge in [-0.05, 0) is 39.2 Å². The van der Waals surface area contributed by atoms with Crippen LogP contribution < -0.4 is 10.6 Å². The summed E-state index contributed by atoms with van der Waals surface area (Å²) in [6.45, 7) is 6.38. The number of aliphatic hydroxyl groups is 1. The van der Waals surface area contributed by atoms with Gasteiger partial charge in [0.2, 0.25) is 5.91 Å². The third-order valence-electron chi connectivity index (χ3n) is 3.43. The molecule has 0 aliphatic carbocycles. The molecule has 1 aromatic rings. The minimum absolute atomic E-state index is 0.351. The number of unbranched alkanes of at least 4 members (excludes halogenated alkanes) is 2. The van der Waals surface area contributed by atoms with Gasteiger partial charge >= 0.3 is 6.09 Å². The molecule has 0 fully saturated rings. The highest BCUT2D eigenvalue weighted by molar-refractivity contribution is 5.80. The Morgan fingerprint density at radius 2 is 1.76 bits per heavy atom. The lowest BCUT2D eigenvalue weighted by Crippen LogP contribution is -2.34. The quantitative estimate of drug-likeness (QED) is 0.598. The Morgan fingerprint density at radius 1 is 1.08 bits per heavy atom. The monoisotopic (exact) mass is 350 g/mol. The van der Waals surface area contributed by atoms with Gasteiger partial charge in [0.15, 0.2) is 0 Å². The Hall–Kier alpha value is -2.08. The maximum atomic E-state index is 11.8. The number of nitrogens with one attached hydrogen (secondary N) is 2. The fourth-order valence-electron chi connectivity index (χ4n) is 2.18. The Morgan fingerprint density at radius 3 is 2.40 bits per heavy atom. The van der Waals surface area contributed by atoms with Crippen LogP contribution in [-0.4, -0.2) is 35.4 Å². The molecule has 0 heterocycles. The number of carbonyl (C=O) groups excluding carboxylic acids is 2. The molecule has 1 aromatic carbocycles. The molecule has 1 atom stereocenters. The molecule has 140 valence electrons. The summed E-state index contributed by atoms with van der Waals surface area (Å²) >= 11 is 0. The summed E-state index contributed by atoms with van der Waals surface area (Å²) in [5.41, 5.74) is 0.498. The Balaban J connectivity index is 2.07. The minimum Gasteiger partial charge on any atom is -0.444 e. The van der Waals surface area contributed by atoms with Gasteiger partial charge in [-0.2, -0.15) is 0 Å². The predicted octanol–water partition coefficient (Wildman–Crippen LogP) is 2.75. The molecule has 0 bridgehead atoms. The molecule has 6 nitrogen and oxygen atoms in total. The topological polar surface area (TPSA) is 87.7 Å². The van der Waals surface area contributed by atoms with Crippen LogP contribution >= 0.6 is 0 Å². The van der Waals surface area contributed by atoms with E-state index in [0.717, 1.165) is 24.8 Å². The van der Waals surface area contributed by atoms with Crippen LogP contribution in [0.5, 0.6) is 0 Å². The predicted molar refractivity (Wildman–Crippen MR) is 97.0 cm³/mol. The summed E-state index contributed by atoms with van der Waals surface area (Å²) in [5.74, 6) is -0.351. The maximum Gasteiger partial charge on any atom is 0.407 e. The van der Waals surface area contributed by atoms with Gasteiger partial charge in [0, 0.05) is 13.1 Å². The molecule has 0 aromatic heterocycles. The molecule has 6 heteroatoms. The molecule has 0 aliphatic heterocycles. The number of aliphatic hydroxyl groups excluding tert-OH is 1. The highest BCUT2D eigenvalue weighted by Gasteiger charge is 2.16. The molecule has 1 rings (SSSR count). The van der Waals surface area contributed by atoms with Crippen molar-refractivity contribution in [3.05, 3.63) is 35.9 Å². The van der Waals surface area contributed by atoms with Gasteiger partial charge in [0.1, 0.15) is 11.7 Å². The van der Waals surface area contributed by atoms with E-state index in [1.807, 2.05) is 51.1 Å². The molecule has 0 saturated heterocycles. The van der Waals surface area contributed by atoms with E-state index >= 15 is 0 Å². The highest BCUT2D eigenvalue weighted by Crippen LogP contribution is 2.07. The zero-order valence-corrected chi connectivity index (χ0v) is 15.4. The van der Waals surface area contributed by atoms with Crippen LogP contribution in [0.4, 0.5) is 4.79 Å². The van der Waals surface area contributed by atoms with Crippen LogP contribution in [0.2, 0.25) is 0 Å². The van der Waals surface area contributed by atoms with Crippen molar-refractivity contribution in [2.24, 2.45) is 0 Å². The number of benzene rings is 1. The van der Waals surface area contributed by atoms with Crippen molar-refractivity contribution in [1.29, 1.82) is 0 Å². The molecule has 0 saturated carbocycles. The van der Waals surface area contributed by atoms with E-state index in [-0.39, 0.29) is 5.91 Å². The number of carbonyl (C=O) groups is 2. The van der Waals surface area contributed by atoms with Crippen molar-refractivity contribution in [1.82, 2.24) is 10.6 Å². The van der Waals surface area contributed by atoms with E-state index in [9.17, 15) is 14.7 Å². The standard InChI is InChI=1S/C19H30N2O4/c1-19(2,3)25-18(24)20-13-9-5-8-12-16(22)17(23)21-14-15-10-6-4-7-11-15/h4,6-7,10-11,16,22H,5,8-9,12-14H2,1-3H3,(H,20,24)(H,21,23)/t16-/m0/s1. The molecule has 0 unspecified atom stereocenters. The Kier molecular flexibility index (Phi) is 8.99. The van der Waals surface area contributed by atoms with Crippen molar-refractivity contribution in [2.45, 2.75) is 64.7 Å². The summed E-state index contributed by atoms with van der Waals surface area (Å²) in [7, 11) is 0. The summed E-state index contributed by atoms with van der Waals surface area (Å²) < 4.78 is 5.13. The van der Waals surface area contributed by atoms with Gasteiger partial charge < -0.3 is 20.5 Å². The second-order valence-electron chi connectivity index (χ2n) is 7.00. The molecule has 0 aliphatic rings. The SMILES string of the molecule is CC(C)(C)OC(=O)NCCCCC[C@H](O)C(=O)NCc1ccccc1. The smallest absolute Gasteiger partial charge is 0.407 e. The van der Waals surface area contributed by atoms with Crippen LogP contribution in [-0.2, 0) is 16.1 Å². The first-order valence-electron chi connectivity index (χ1n) is 8.74. The van der Waals surface area contributed by atoms with Crippen LogP contribution in [0, 0.1) is 0 Å². The third kappa shape index (κ3) is 10.4. The lowest BCUT2D eigenvalue weighted by Gasteiger charge is -2.19. The second-order valence-corrected chi connectivity index (χ2v) is 7.00. The van der Waals surface area contributed by atoms with Crippen molar-refractivity contribution in [3.8, 4) is 0 Å². The van der Waals surface area contributed by atoms with Crippen LogP contribution in [0.1, 0.15) is 52.0 Å². The molecule has 25 heavy (non-hydrogen) atoms. The number of hydrogen-bond acceptors (Lipinski definition) is 4.